The third-order valence-corrected chi connectivity index (χ3v) is 2.43. The number of hydrogen-bond donors (Lipinski definition) is 2. The van der Waals surface area contributed by atoms with Crippen molar-refractivity contribution >= 4 is 29.9 Å². The van der Waals surface area contributed by atoms with Gasteiger partial charge in [0.1, 0.15) is 5.75 Å². The van der Waals surface area contributed by atoms with Crippen LogP contribution >= 0.6 is 24.0 Å². The number of benzene rings is 1. The Labute approximate surface area is 125 Å². The fourth-order valence-corrected chi connectivity index (χ4v) is 1.44. The third kappa shape index (κ3) is 7.25. The summed E-state index contributed by atoms with van der Waals surface area (Å²) in [5, 5.41) is 3.31. The monoisotopic (exact) mass is 306 g/mol. The zero-order chi connectivity index (χ0) is 13.8. The van der Waals surface area contributed by atoms with Crippen LogP contribution in [0.4, 0.5) is 0 Å². The second-order valence-corrected chi connectivity index (χ2v) is 5.36. The van der Waals surface area contributed by atoms with Crippen LogP contribution in [0.5, 0.6) is 5.75 Å². The van der Waals surface area contributed by atoms with Crippen LogP contribution in [0, 0.1) is 0 Å². The number of carbonyl (C=O) groups excluding carboxylic acids is 1. The second kappa shape index (κ2) is 7.58. The van der Waals surface area contributed by atoms with Crippen LogP contribution in [0.2, 0.25) is 5.02 Å². The van der Waals surface area contributed by atoms with Gasteiger partial charge in [0.2, 0.25) is 0 Å². The van der Waals surface area contributed by atoms with Crippen LogP contribution in [0.1, 0.15) is 20.8 Å². The highest BCUT2D eigenvalue weighted by Gasteiger charge is 2.18. The van der Waals surface area contributed by atoms with Crippen molar-refractivity contribution in [3.8, 4) is 5.75 Å². The van der Waals surface area contributed by atoms with Crippen LogP contribution in [0.25, 0.3) is 0 Å². The van der Waals surface area contributed by atoms with Crippen molar-refractivity contribution in [2.24, 2.45) is 5.73 Å². The zero-order valence-corrected chi connectivity index (χ0v) is 12.8. The second-order valence-electron chi connectivity index (χ2n) is 4.92. The van der Waals surface area contributed by atoms with Crippen LogP contribution in [0.3, 0.4) is 0 Å². The molecule has 3 N–H and O–H groups in total. The van der Waals surface area contributed by atoms with Crippen molar-refractivity contribution in [1.82, 2.24) is 5.32 Å². The van der Waals surface area contributed by atoms with Gasteiger partial charge in [0.25, 0.3) is 5.91 Å². The van der Waals surface area contributed by atoms with Gasteiger partial charge in [-0.25, -0.2) is 0 Å². The van der Waals surface area contributed by atoms with Crippen molar-refractivity contribution in [1.29, 1.82) is 0 Å². The molecule has 0 saturated heterocycles. The van der Waals surface area contributed by atoms with E-state index in [2.05, 4.69) is 5.32 Å². The molecular weight excluding hydrogens is 287 g/mol. The Balaban J connectivity index is 0.00000324. The number of nitrogens with two attached hydrogens (primary N) is 1. The summed E-state index contributed by atoms with van der Waals surface area (Å²) < 4.78 is 5.48. The van der Waals surface area contributed by atoms with Gasteiger partial charge >= 0.3 is 0 Å². The lowest BCUT2D eigenvalue weighted by atomic mass is 10.1. The van der Waals surface area contributed by atoms with E-state index in [1.807, 2.05) is 13.8 Å². The Bertz CT molecular complexity index is 419. The van der Waals surface area contributed by atoms with Gasteiger partial charge in [-0.05, 0) is 39.0 Å². The molecule has 0 bridgehead atoms. The van der Waals surface area contributed by atoms with E-state index >= 15 is 0 Å². The number of nitrogens with one attached hydrogen (secondary N) is 1. The Morgan fingerprint density at radius 3 is 2.68 bits per heavy atom. The zero-order valence-electron chi connectivity index (χ0n) is 11.3. The molecule has 0 aliphatic heterocycles. The molecule has 0 heterocycles. The summed E-state index contributed by atoms with van der Waals surface area (Å²) in [6, 6.07) is 6.93. The SMILES string of the molecule is CC(Oc1cccc(Cl)c1)C(=O)NCC(C)(C)N.Cl. The maximum absolute atomic E-state index is 11.8. The highest BCUT2D eigenvalue weighted by atomic mass is 35.5. The Kier molecular flexibility index (Phi) is 7.19. The van der Waals surface area contributed by atoms with Gasteiger partial charge in [0, 0.05) is 17.1 Å². The molecule has 0 spiro atoms. The first-order valence-electron chi connectivity index (χ1n) is 5.77. The minimum absolute atomic E-state index is 0. The maximum atomic E-state index is 11.8. The van der Waals surface area contributed by atoms with E-state index < -0.39 is 11.6 Å². The first-order chi connectivity index (χ1) is 8.28. The van der Waals surface area contributed by atoms with E-state index in [4.69, 9.17) is 22.1 Å². The van der Waals surface area contributed by atoms with Crippen LogP contribution < -0.4 is 15.8 Å². The van der Waals surface area contributed by atoms with E-state index in [1.165, 1.54) is 0 Å². The van der Waals surface area contributed by atoms with E-state index in [0.29, 0.717) is 17.3 Å². The summed E-state index contributed by atoms with van der Waals surface area (Å²) >= 11 is 5.83. The molecule has 1 aromatic carbocycles. The molecule has 1 atom stereocenters. The van der Waals surface area contributed by atoms with Crippen molar-refractivity contribution in [3.05, 3.63) is 29.3 Å². The summed E-state index contributed by atoms with van der Waals surface area (Å²) in [6.07, 6.45) is -0.592. The normalized spacial score (nSPS) is 12.3. The van der Waals surface area contributed by atoms with E-state index in [9.17, 15) is 4.79 Å². The van der Waals surface area contributed by atoms with Crippen LogP contribution in [0.15, 0.2) is 24.3 Å². The lowest BCUT2D eigenvalue weighted by Gasteiger charge is -2.21. The number of ether oxygens (including phenoxy) is 1. The van der Waals surface area contributed by atoms with Gasteiger partial charge in [-0.1, -0.05) is 17.7 Å². The fraction of sp³-hybridized carbons (Fsp3) is 0.462. The predicted molar refractivity (Wildman–Crippen MR) is 80.1 cm³/mol. The van der Waals surface area contributed by atoms with E-state index in [1.54, 1.807) is 31.2 Å². The average molecular weight is 307 g/mol. The number of rotatable bonds is 5. The van der Waals surface area contributed by atoms with Crippen LogP contribution in [-0.4, -0.2) is 24.1 Å². The summed E-state index contributed by atoms with van der Waals surface area (Å²) in [5.74, 6) is 0.366. The van der Waals surface area contributed by atoms with Crippen molar-refractivity contribution < 1.29 is 9.53 Å². The Morgan fingerprint density at radius 2 is 2.16 bits per heavy atom. The topological polar surface area (TPSA) is 64.3 Å². The van der Waals surface area contributed by atoms with Gasteiger partial charge < -0.3 is 15.8 Å². The lowest BCUT2D eigenvalue weighted by Crippen LogP contribution is -2.48. The molecule has 1 unspecified atom stereocenters. The Morgan fingerprint density at radius 1 is 1.53 bits per heavy atom. The summed E-state index contributed by atoms with van der Waals surface area (Å²) in [7, 11) is 0. The standard InChI is InChI=1S/C13H19ClN2O2.ClH/c1-9(12(17)16-8-13(2,3)15)18-11-6-4-5-10(14)7-11;/h4-7,9H,8,15H2,1-3H3,(H,16,17);1H. The highest BCUT2D eigenvalue weighted by Crippen LogP contribution is 2.18. The molecule has 0 aliphatic carbocycles. The van der Waals surface area contributed by atoms with Crippen molar-refractivity contribution in [2.45, 2.75) is 32.4 Å². The first-order valence-corrected chi connectivity index (χ1v) is 6.14. The molecule has 1 aromatic rings. The van der Waals surface area contributed by atoms with Crippen LogP contribution in [-0.2, 0) is 4.79 Å². The number of hydrogen-bond acceptors (Lipinski definition) is 3. The van der Waals surface area contributed by atoms with E-state index in [0.717, 1.165) is 0 Å². The summed E-state index contributed by atoms with van der Waals surface area (Å²) in [6.45, 7) is 5.76. The minimum atomic E-state index is -0.592. The molecule has 6 heteroatoms. The predicted octanol–water partition coefficient (Wildman–Crippen LogP) is 2.38. The summed E-state index contributed by atoms with van der Waals surface area (Å²) in [5.41, 5.74) is 5.34. The lowest BCUT2D eigenvalue weighted by molar-refractivity contribution is -0.127. The van der Waals surface area contributed by atoms with Gasteiger partial charge in [-0.3, -0.25) is 4.79 Å². The molecule has 1 amide bonds. The number of amides is 1. The number of halogens is 2. The molecule has 0 saturated carbocycles. The molecule has 4 nitrogen and oxygen atoms in total. The smallest absolute Gasteiger partial charge is 0.260 e. The van der Waals surface area contributed by atoms with Crippen molar-refractivity contribution in [2.75, 3.05) is 6.54 Å². The van der Waals surface area contributed by atoms with Gasteiger partial charge in [-0.2, -0.15) is 0 Å². The minimum Gasteiger partial charge on any atom is -0.481 e. The molecule has 1 rings (SSSR count). The molecule has 0 fully saturated rings. The van der Waals surface area contributed by atoms with Gasteiger partial charge in [-0.15, -0.1) is 12.4 Å². The molecule has 0 radical (unpaired) electrons. The molecule has 19 heavy (non-hydrogen) atoms. The molecule has 108 valence electrons. The largest absolute Gasteiger partial charge is 0.481 e. The van der Waals surface area contributed by atoms with Crippen molar-refractivity contribution in [3.63, 3.8) is 0 Å². The molecule has 0 aliphatic rings. The van der Waals surface area contributed by atoms with Gasteiger partial charge in [0.15, 0.2) is 6.10 Å². The third-order valence-electron chi connectivity index (χ3n) is 2.20. The first kappa shape index (κ1) is 18.0. The van der Waals surface area contributed by atoms with E-state index in [-0.39, 0.29) is 18.3 Å². The Hall–Kier alpha value is -0.970. The average Bonchev–Trinajstić information content (AvgIpc) is 2.24. The fourth-order valence-electron chi connectivity index (χ4n) is 1.26. The molecule has 0 aromatic heterocycles. The highest BCUT2D eigenvalue weighted by molar-refractivity contribution is 6.30. The summed E-state index contributed by atoms with van der Waals surface area (Å²) in [4.78, 5) is 11.8. The van der Waals surface area contributed by atoms with Gasteiger partial charge in [0.05, 0.1) is 0 Å². The molecular formula is C13H20Cl2N2O2. The number of carbonyl (C=O) groups is 1. The maximum Gasteiger partial charge on any atom is 0.260 e. The quantitative estimate of drug-likeness (QED) is 0.878.